The van der Waals surface area contributed by atoms with Crippen LogP contribution in [0.4, 0.5) is 0 Å². The summed E-state index contributed by atoms with van der Waals surface area (Å²) >= 11 is 1.83. The molecule has 1 fully saturated rings. The Morgan fingerprint density at radius 2 is 1.38 bits per heavy atom. The van der Waals surface area contributed by atoms with Crippen LogP contribution in [0.1, 0.15) is 107 Å². The van der Waals surface area contributed by atoms with E-state index in [-0.39, 0.29) is 30.5 Å². The molecular formula is C34H54O5S. The average molecular weight is 575 g/mol. The monoisotopic (exact) mass is 574 g/mol. The number of benzene rings is 1. The lowest BCUT2D eigenvalue weighted by Gasteiger charge is -2.46. The van der Waals surface area contributed by atoms with Crippen molar-refractivity contribution in [2.45, 2.75) is 123 Å². The summed E-state index contributed by atoms with van der Waals surface area (Å²) in [6.45, 7) is 14.3. The maximum Gasteiger partial charge on any atom is 0.117 e. The van der Waals surface area contributed by atoms with Gasteiger partial charge < -0.3 is 23.7 Å². The van der Waals surface area contributed by atoms with Gasteiger partial charge in [0.1, 0.15) is 30.5 Å². The van der Waals surface area contributed by atoms with Gasteiger partial charge in [-0.15, -0.1) is 11.3 Å². The van der Waals surface area contributed by atoms with Crippen molar-refractivity contribution in [3.05, 3.63) is 57.3 Å². The van der Waals surface area contributed by atoms with Crippen molar-refractivity contribution in [3.8, 4) is 0 Å². The van der Waals surface area contributed by atoms with Crippen LogP contribution in [0.2, 0.25) is 0 Å². The summed E-state index contributed by atoms with van der Waals surface area (Å²) in [6.07, 6.45) is 8.19. The van der Waals surface area contributed by atoms with Crippen molar-refractivity contribution in [1.29, 1.82) is 0 Å². The van der Waals surface area contributed by atoms with E-state index in [2.05, 4.69) is 70.3 Å². The van der Waals surface area contributed by atoms with Gasteiger partial charge in [-0.3, -0.25) is 0 Å². The van der Waals surface area contributed by atoms with E-state index in [1.807, 2.05) is 11.3 Å². The topological polar surface area (TPSA) is 46.2 Å². The molecule has 1 saturated heterocycles. The van der Waals surface area contributed by atoms with Crippen LogP contribution in [-0.2, 0) is 30.1 Å². The minimum atomic E-state index is -0.251. The van der Waals surface area contributed by atoms with Crippen LogP contribution in [0, 0.1) is 6.92 Å². The molecule has 3 rings (SSSR count). The van der Waals surface area contributed by atoms with E-state index >= 15 is 0 Å². The summed E-state index contributed by atoms with van der Waals surface area (Å²) in [5.41, 5.74) is 3.79. The van der Waals surface area contributed by atoms with Crippen LogP contribution in [0.3, 0.4) is 0 Å². The molecule has 0 unspecified atom stereocenters. The minimum absolute atomic E-state index is 0.220. The maximum absolute atomic E-state index is 6.94. The van der Waals surface area contributed by atoms with Crippen molar-refractivity contribution < 1.29 is 23.7 Å². The van der Waals surface area contributed by atoms with Crippen molar-refractivity contribution in [3.63, 3.8) is 0 Å². The molecule has 0 aliphatic carbocycles. The van der Waals surface area contributed by atoms with Gasteiger partial charge >= 0.3 is 0 Å². The maximum atomic E-state index is 6.94. The van der Waals surface area contributed by atoms with Gasteiger partial charge in [-0.1, -0.05) is 77.6 Å². The Bertz CT molecular complexity index is 931. The molecule has 226 valence electrons. The molecule has 2 aromatic rings. The molecule has 2 heterocycles. The Kier molecular flexibility index (Phi) is 15.8. The summed E-state index contributed by atoms with van der Waals surface area (Å²) < 4.78 is 33.0. The second-order valence-corrected chi connectivity index (χ2v) is 12.0. The first-order valence-corrected chi connectivity index (χ1v) is 16.7. The zero-order valence-corrected chi connectivity index (χ0v) is 26.5. The van der Waals surface area contributed by atoms with Crippen molar-refractivity contribution in [2.75, 3.05) is 33.0 Å². The molecule has 1 aromatic carbocycles. The second-order valence-electron chi connectivity index (χ2n) is 11.0. The summed E-state index contributed by atoms with van der Waals surface area (Å²) in [5.74, 6) is 0. The van der Waals surface area contributed by atoms with Crippen molar-refractivity contribution in [2.24, 2.45) is 0 Å². The highest BCUT2D eigenvalue weighted by atomic mass is 32.1. The number of rotatable bonds is 20. The molecule has 0 radical (unpaired) electrons. The fourth-order valence-corrected chi connectivity index (χ4v) is 6.02. The quantitative estimate of drug-likeness (QED) is 0.148. The molecule has 1 aromatic heterocycles. The smallest absolute Gasteiger partial charge is 0.117 e. The lowest BCUT2D eigenvalue weighted by molar-refractivity contribution is -0.268. The fraction of sp³-hybridized carbons (Fsp3) is 0.706. The third kappa shape index (κ3) is 10.2. The summed E-state index contributed by atoms with van der Waals surface area (Å²) in [4.78, 5) is 1.41. The van der Waals surface area contributed by atoms with E-state index in [9.17, 15) is 0 Å². The lowest BCUT2D eigenvalue weighted by Crippen LogP contribution is -2.58. The molecule has 5 nitrogen and oxygen atoms in total. The van der Waals surface area contributed by atoms with Crippen molar-refractivity contribution in [1.82, 2.24) is 0 Å². The number of hydrogen-bond acceptors (Lipinski definition) is 6. The van der Waals surface area contributed by atoms with Gasteiger partial charge in [0.05, 0.1) is 6.61 Å². The summed E-state index contributed by atoms with van der Waals surface area (Å²) in [7, 11) is 0. The molecule has 0 spiro atoms. The third-order valence-electron chi connectivity index (χ3n) is 7.60. The van der Waals surface area contributed by atoms with Crippen LogP contribution in [0.25, 0.3) is 0 Å². The fourth-order valence-electron chi connectivity index (χ4n) is 5.08. The number of ether oxygens (including phenoxy) is 5. The minimum Gasteiger partial charge on any atom is -0.379 e. The molecule has 0 saturated carbocycles. The van der Waals surface area contributed by atoms with Gasteiger partial charge in [-0.2, -0.15) is 0 Å². The van der Waals surface area contributed by atoms with E-state index in [0.717, 1.165) is 70.0 Å². The molecule has 0 N–H and O–H groups in total. The number of aryl methyl sites for hydroxylation is 1. The highest BCUT2D eigenvalue weighted by molar-refractivity contribution is 7.10. The normalized spacial score (nSPS) is 23.1. The number of unbranched alkanes of at least 4 members (excludes halogenated alkanes) is 4. The predicted octanol–water partition coefficient (Wildman–Crippen LogP) is 8.46. The van der Waals surface area contributed by atoms with Crippen molar-refractivity contribution >= 4 is 11.3 Å². The molecule has 0 amide bonds. The van der Waals surface area contributed by atoms with E-state index in [0.29, 0.717) is 26.4 Å². The van der Waals surface area contributed by atoms with Crippen LogP contribution < -0.4 is 0 Å². The highest BCUT2D eigenvalue weighted by Gasteiger charge is 2.48. The van der Waals surface area contributed by atoms with Crippen LogP contribution in [0.15, 0.2) is 35.7 Å². The third-order valence-corrected chi connectivity index (χ3v) is 8.62. The molecule has 6 heteroatoms. The Morgan fingerprint density at radius 3 is 2.00 bits per heavy atom. The molecule has 1 aliphatic heterocycles. The van der Waals surface area contributed by atoms with E-state index in [1.165, 1.54) is 16.0 Å². The van der Waals surface area contributed by atoms with Gasteiger partial charge in [0.15, 0.2) is 0 Å². The Hall–Kier alpha value is -1.28. The van der Waals surface area contributed by atoms with Crippen LogP contribution >= 0.6 is 11.3 Å². The molecule has 5 atom stereocenters. The molecule has 0 bridgehead atoms. The Balaban J connectivity index is 1.94. The Labute approximate surface area is 247 Å². The van der Waals surface area contributed by atoms with Gasteiger partial charge in [-0.05, 0) is 60.7 Å². The zero-order valence-electron chi connectivity index (χ0n) is 25.7. The van der Waals surface area contributed by atoms with Gasteiger partial charge in [0, 0.05) is 37.7 Å². The van der Waals surface area contributed by atoms with E-state index in [4.69, 9.17) is 23.7 Å². The summed E-state index contributed by atoms with van der Waals surface area (Å²) in [6, 6.07) is 11.1. The SMILES string of the molecule is CCCCOC[C@H]1O[C@@H](c2cccc(Cc3sccc3C)c2)[C@H](OCCCC)[C@@H](OCCCC)[C@@H]1OCCCC. The lowest BCUT2D eigenvalue weighted by atomic mass is 9.89. The first-order chi connectivity index (χ1) is 19.6. The number of hydrogen-bond donors (Lipinski definition) is 0. The zero-order chi connectivity index (χ0) is 28.6. The van der Waals surface area contributed by atoms with Gasteiger partial charge in [0.25, 0.3) is 0 Å². The highest BCUT2D eigenvalue weighted by Crippen LogP contribution is 2.38. The first-order valence-electron chi connectivity index (χ1n) is 15.8. The van der Waals surface area contributed by atoms with E-state index < -0.39 is 0 Å². The van der Waals surface area contributed by atoms with Crippen LogP contribution in [0.5, 0.6) is 0 Å². The second kappa shape index (κ2) is 19.0. The summed E-state index contributed by atoms with van der Waals surface area (Å²) in [5, 5.41) is 2.18. The van der Waals surface area contributed by atoms with Crippen LogP contribution in [-0.4, -0.2) is 57.5 Å². The first kappa shape index (κ1) is 33.2. The molecular weight excluding hydrogens is 520 g/mol. The largest absolute Gasteiger partial charge is 0.379 e. The van der Waals surface area contributed by atoms with Gasteiger partial charge in [0.2, 0.25) is 0 Å². The molecule has 1 aliphatic rings. The average Bonchev–Trinajstić information content (AvgIpc) is 3.37. The number of thiophene rings is 1. The molecule has 40 heavy (non-hydrogen) atoms. The standard InChI is InChI=1S/C34H54O5S/c1-6-10-18-35-25-29-32(36-19-11-7-2)34(38-21-13-9-4)33(37-20-12-8-3)31(39-29)28-16-14-15-27(23-28)24-30-26(5)17-22-40-30/h14-17,22-23,29,31-34H,6-13,18-21,24-25H2,1-5H3/t29-,31+,32-,33+,34+/m1/s1. The van der Waals surface area contributed by atoms with Gasteiger partial charge in [-0.25, -0.2) is 0 Å². The van der Waals surface area contributed by atoms with E-state index in [1.54, 1.807) is 0 Å². The predicted molar refractivity (Wildman–Crippen MR) is 166 cm³/mol. The Morgan fingerprint density at radius 1 is 0.750 bits per heavy atom.